The molecule has 0 aliphatic rings. The number of carbonyl (C=O) groups excluding carboxylic acids is 1. The van der Waals surface area contributed by atoms with Crippen LogP contribution in [0.5, 0.6) is 11.5 Å². The zero-order chi connectivity index (χ0) is 13.7. The van der Waals surface area contributed by atoms with Gasteiger partial charge in [-0.05, 0) is 19.1 Å². The van der Waals surface area contributed by atoms with Crippen LogP contribution in [0.4, 0.5) is 0 Å². The highest BCUT2D eigenvalue weighted by molar-refractivity contribution is 5.92. The maximum atomic E-state index is 11.4. The lowest BCUT2D eigenvalue weighted by Crippen LogP contribution is -2.34. The summed E-state index contributed by atoms with van der Waals surface area (Å²) in [6, 6.07) is 4.49. The smallest absolute Gasteiger partial charge is 0.339 e. The van der Waals surface area contributed by atoms with Gasteiger partial charge in [-0.15, -0.1) is 0 Å². The van der Waals surface area contributed by atoms with Crippen molar-refractivity contribution in [2.24, 2.45) is 0 Å². The molecule has 0 spiro atoms. The van der Waals surface area contributed by atoms with Crippen molar-refractivity contribution in [3.63, 3.8) is 0 Å². The third kappa shape index (κ3) is 2.91. The molecule has 6 heteroatoms. The monoisotopic (exact) mass is 253 g/mol. The van der Waals surface area contributed by atoms with E-state index in [1.807, 2.05) is 0 Å². The van der Waals surface area contributed by atoms with Crippen LogP contribution in [-0.2, 0) is 4.79 Å². The molecule has 1 amide bonds. The molecule has 1 aromatic carbocycles. The number of hydrogen-bond acceptors (Lipinski definition) is 4. The molecule has 2 N–H and O–H groups in total. The van der Waals surface area contributed by atoms with E-state index in [1.165, 1.54) is 27.1 Å². The normalized spacial score (nSPS) is 11.5. The maximum Gasteiger partial charge on any atom is 0.339 e. The summed E-state index contributed by atoms with van der Waals surface area (Å²) in [6.07, 6.45) is -0.815. The zero-order valence-electron chi connectivity index (χ0n) is 10.4. The first kappa shape index (κ1) is 13.8. The van der Waals surface area contributed by atoms with Crippen molar-refractivity contribution < 1.29 is 24.2 Å². The molecule has 0 bridgehead atoms. The Morgan fingerprint density at radius 1 is 1.39 bits per heavy atom. The van der Waals surface area contributed by atoms with Gasteiger partial charge >= 0.3 is 5.97 Å². The molecule has 1 atom stereocenters. The van der Waals surface area contributed by atoms with Gasteiger partial charge in [0.2, 0.25) is 0 Å². The second kappa shape index (κ2) is 5.90. The standard InChI is InChI=1S/C12H15NO5/c1-7(11(14)13-2)18-10-8(12(15)16)5-4-6-9(10)17-3/h4-7H,1-3H3,(H,13,14)(H,15,16). The first-order valence-corrected chi connectivity index (χ1v) is 5.29. The van der Waals surface area contributed by atoms with Gasteiger partial charge in [0.15, 0.2) is 17.6 Å². The van der Waals surface area contributed by atoms with Gasteiger partial charge in [0.05, 0.1) is 7.11 Å². The second-order valence-electron chi connectivity index (χ2n) is 3.52. The maximum absolute atomic E-state index is 11.4. The minimum atomic E-state index is -1.15. The summed E-state index contributed by atoms with van der Waals surface area (Å²) in [5, 5.41) is 11.5. The first-order valence-electron chi connectivity index (χ1n) is 5.29. The molecular formula is C12H15NO5. The van der Waals surface area contributed by atoms with Crippen LogP contribution < -0.4 is 14.8 Å². The van der Waals surface area contributed by atoms with E-state index in [-0.39, 0.29) is 23.0 Å². The molecule has 18 heavy (non-hydrogen) atoms. The van der Waals surface area contributed by atoms with Crippen LogP contribution in [0.3, 0.4) is 0 Å². The highest BCUT2D eigenvalue weighted by Gasteiger charge is 2.21. The largest absolute Gasteiger partial charge is 0.493 e. The third-order valence-corrected chi connectivity index (χ3v) is 2.34. The Morgan fingerprint density at radius 2 is 2.06 bits per heavy atom. The molecule has 0 heterocycles. The second-order valence-corrected chi connectivity index (χ2v) is 3.52. The Hall–Kier alpha value is -2.24. The Balaban J connectivity index is 3.12. The highest BCUT2D eigenvalue weighted by Crippen LogP contribution is 2.31. The SMILES string of the molecule is CNC(=O)C(C)Oc1c(OC)cccc1C(=O)O. The fraction of sp³-hybridized carbons (Fsp3) is 0.333. The quantitative estimate of drug-likeness (QED) is 0.814. The van der Waals surface area contributed by atoms with Gasteiger partial charge in [-0.3, -0.25) is 4.79 Å². The summed E-state index contributed by atoms with van der Waals surface area (Å²) in [5.41, 5.74) is -0.0508. The van der Waals surface area contributed by atoms with Crippen LogP contribution in [0.15, 0.2) is 18.2 Å². The molecule has 1 rings (SSSR count). The summed E-state index contributed by atoms with van der Waals surface area (Å²) >= 11 is 0. The molecule has 6 nitrogen and oxygen atoms in total. The van der Waals surface area contributed by atoms with Crippen LogP contribution in [0, 0.1) is 0 Å². The van der Waals surface area contributed by atoms with Crippen molar-refractivity contribution in [1.82, 2.24) is 5.32 Å². The predicted octanol–water partition coefficient (Wildman–Crippen LogP) is 0.907. The molecule has 0 aliphatic heterocycles. The number of hydrogen-bond donors (Lipinski definition) is 2. The van der Waals surface area contributed by atoms with Crippen LogP contribution in [0.1, 0.15) is 17.3 Å². The number of rotatable bonds is 5. The molecule has 1 aromatic rings. The van der Waals surface area contributed by atoms with E-state index in [2.05, 4.69) is 5.32 Å². The lowest BCUT2D eigenvalue weighted by Gasteiger charge is -2.17. The summed E-state index contributed by atoms with van der Waals surface area (Å²) in [5.74, 6) is -1.18. The lowest BCUT2D eigenvalue weighted by molar-refractivity contribution is -0.126. The molecule has 0 saturated carbocycles. The number of benzene rings is 1. The number of carboxylic acids is 1. The van der Waals surface area contributed by atoms with Crippen molar-refractivity contribution in [2.45, 2.75) is 13.0 Å². The number of carboxylic acid groups (broad SMARTS) is 1. The van der Waals surface area contributed by atoms with Crippen LogP contribution >= 0.6 is 0 Å². The molecule has 0 aromatic heterocycles. The van der Waals surface area contributed by atoms with E-state index in [4.69, 9.17) is 14.6 Å². The van der Waals surface area contributed by atoms with Crippen molar-refractivity contribution in [2.75, 3.05) is 14.2 Å². The van der Waals surface area contributed by atoms with Crippen LogP contribution in [-0.4, -0.2) is 37.2 Å². The van der Waals surface area contributed by atoms with E-state index < -0.39 is 12.1 Å². The van der Waals surface area contributed by atoms with Crippen molar-refractivity contribution in [3.05, 3.63) is 23.8 Å². The van der Waals surface area contributed by atoms with E-state index in [0.717, 1.165) is 0 Å². The van der Waals surface area contributed by atoms with Gasteiger partial charge < -0.3 is 19.9 Å². The Labute approximate surface area is 105 Å². The fourth-order valence-corrected chi connectivity index (χ4v) is 1.40. The minimum Gasteiger partial charge on any atom is -0.493 e. The summed E-state index contributed by atoms with van der Waals surface area (Å²) in [7, 11) is 2.88. The number of methoxy groups -OCH3 is 1. The summed E-state index contributed by atoms with van der Waals surface area (Å²) in [6.45, 7) is 1.52. The molecular weight excluding hydrogens is 238 g/mol. The Bertz CT molecular complexity index is 458. The summed E-state index contributed by atoms with van der Waals surface area (Å²) < 4.78 is 10.4. The number of ether oxygens (including phenoxy) is 2. The van der Waals surface area contributed by atoms with Gasteiger partial charge in [0, 0.05) is 7.05 Å². The van der Waals surface area contributed by atoms with E-state index in [1.54, 1.807) is 12.1 Å². The zero-order valence-corrected chi connectivity index (χ0v) is 10.4. The number of nitrogens with one attached hydrogen (secondary N) is 1. The van der Waals surface area contributed by atoms with Gasteiger partial charge in [-0.2, -0.15) is 0 Å². The Morgan fingerprint density at radius 3 is 2.56 bits per heavy atom. The highest BCUT2D eigenvalue weighted by atomic mass is 16.5. The van der Waals surface area contributed by atoms with Gasteiger partial charge in [-0.1, -0.05) is 6.07 Å². The third-order valence-electron chi connectivity index (χ3n) is 2.34. The van der Waals surface area contributed by atoms with Crippen molar-refractivity contribution >= 4 is 11.9 Å². The van der Waals surface area contributed by atoms with Crippen molar-refractivity contribution in [3.8, 4) is 11.5 Å². The number of likely N-dealkylation sites (N-methyl/N-ethyl adjacent to an activating group) is 1. The lowest BCUT2D eigenvalue weighted by atomic mass is 10.2. The van der Waals surface area contributed by atoms with E-state index >= 15 is 0 Å². The first-order chi connectivity index (χ1) is 8.51. The molecule has 0 radical (unpaired) electrons. The average Bonchev–Trinajstić information content (AvgIpc) is 2.37. The van der Waals surface area contributed by atoms with Gasteiger partial charge in [-0.25, -0.2) is 4.79 Å². The van der Waals surface area contributed by atoms with Crippen LogP contribution in [0.25, 0.3) is 0 Å². The van der Waals surface area contributed by atoms with Crippen LogP contribution in [0.2, 0.25) is 0 Å². The topological polar surface area (TPSA) is 84.9 Å². The Kier molecular flexibility index (Phi) is 4.53. The number of carbonyl (C=O) groups is 2. The van der Waals surface area contributed by atoms with Crippen molar-refractivity contribution in [1.29, 1.82) is 0 Å². The van der Waals surface area contributed by atoms with E-state index in [9.17, 15) is 9.59 Å². The molecule has 0 fully saturated rings. The minimum absolute atomic E-state index is 0.0450. The average molecular weight is 253 g/mol. The fourth-order valence-electron chi connectivity index (χ4n) is 1.40. The van der Waals surface area contributed by atoms with E-state index in [0.29, 0.717) is 0 Å². The number of para-hydroxylation sites is 1. The molecule has 0 aliphatic carbocycles. The van der Waals surface area contributed by atoms with Gasteiger partial charge in [0.1, 0.15) is 5.56 Å². The number of amides is 1. The van der Waals surface area contributed by atoms with Gasteiger partial charge in [0.25, 0.3) is 5.91 Å². The predicted molar refractivity (Wildman–Crippen MR) is 64.1 cm³/mol. The molecule has 0 saturated heterocycles. The molecule has 98 valence electrons. The number of aromatic carboxylic acids is 1. The molecule has 1 unspecified atom stereocenters. The summed E-state index contributed by atoms with van der Waals surface area (Å²) in [4.78, 5) is 22.4.